The molecule has 11 heavy (non-hydrogen) atoms. The molecule has 1 aliphatic heterocycles. The van der Waals surface area contributed by atoms with Crippen LogP contribution in [-0.2, 0) is 4.79 Å². The van der Waals surface area contributed by atoms with E-state index in [2.05, 4.69) is 19.2 Å². The molecule has 1 aliphatic rings. The van der Waals surface area contributed by atoms with Crippen molar-refractivity contribution in [2.45, 2.75) is 39.5 Å². The quantitative estimate of drug-likeness (QED) is 0.646. The van der Waals surface area contributed by atoms with Crippen molar-refractivity contribution in [2.24, 2.45) is 5.41 Å². The van der Waals surface area contributed by atoms with Crippen LogP contribution in [-0.4, -0.2) is 12.5 Å². The number of carbonyl (C=O) groups is 1. The van der Waals surface area contributed by atoms with Crippen LogP contribution in [0.25, 0.3) is 0 Å². The molecule has 1 N–H and O–H groups in total. The third-order valence-corrected chi connectivity index (χ3v) is 3.04. The minimum Gasteiger partial charge on any atom is -0.356 e. The Hall–Kier alpha value is -0.530. The Labute approximate surface area is 68.4 Å². The minimum absolute atomic E-state index is 0.225. The van der Waals surface area contributed by atoms with Gasteiger partial charge in [0.05, 0.1) is 0 Å². The van der Waals surface area contributed by atoms with E-state index in [-0.39, 0.29) is 5.91 Å². The van der Waals surface area contributed by atoms with Crippen LogP contribution in [0.3, 0.4) is 0 Å². The lowest BCUT2D eigenvalue weighted by Crippen LogP contribution is -2.42. The Morgan fingerprint density at radius 3 is 2.45 bits per heavy atom. The first-order chi connectivity index (χ1) is 5.22. The van der Waals surface area contributed by atoms with Crippen LogP contribution in [0.15, 0.2) is 0 Å². The second kappa shape index (κ2) is 3.24. The predicted octanol–water partition coefficient (Wildman–Crippen LogP) is 1.70. The van der Waals surface area contributed by atoms with Crippen LogP contribution < -0.4 is 5.32 Å². The lowest BCUT2D eigenvalue weighted by Gasteiger charge is -2.35. The second-order valence-corrected chi connectivity index (χ2v) is 3.48. The smallest absolute Gasteiger partial charge is 0.220 e. The van der Waals surface area contributed by atoms with E-state index in [4.69, 9.17) is 0 Å². The molecule has 0 bridgehead atoms. The molecule has 0 spiro atoms. The highest BCUT2D eigenvalue weighted by atomic mass is 16.1. The normalized spacial score (nSPS) is 22.9. The molecule has 0 aromatic carbocycles. The highest BCUT2D eigenvalue weighted by Crippen LogP contribution is 2.33. The summed E-state index contributed by atoms with van der Waals surface area (Å²) in [6.07, 6.45) is 4.17. The van der Waals surface area contributed by atoms with Gasteiger partial charge in [0.2, 0.25) is 5.91 Å². The second-order valence-electron chi connectivity index (χ2n) is 3.48. The highest BCUT2D eigenvalue weighted by molar-refractivity contribution is 5.76. The number of amides is 1. The number of piperidine rings is 1. The first-order valence-electron chi connectivity index (χ1n) is 4.49. The Balaban J connectivity index is 2.52. The van der Waals surface area contributed by atoms with Crippen molar-refractivity contribution < 1.29 is 4.79 Å². The SMILES string of the molecule is CCC1(CC)CCC(=O)NC1. The van der Waals surface area contributed by atoms with E-state index in [9.17, 15) is 4.79 Å². The molecule has 1 heterocycles. The van der Waals surface area contributed by atoms with Gasteiger partial charge in [0.15, 0.2) is 0 Å². The molecule has 2 nitrogen and oxygen atoms in total. The summed E-state index contributed by atoms with van der Waals surface area (Å²) in [4.78, 5) is 10.9. The fourth-order valence-electron chi connectivity index (χ4n) is 1.70. The molecule has 0 aromatic heterocycles. The maximum absolute atomic E-state index is 10.9. The first kappa shape index (κ1) is 8.57. The van der Waals surface area contributed by atoms with Crippen LogP contribution in [0.5, 0.6) is 0 Å². The number of rotatable bonds is 2. The third-order valence-electron chi connectivity index (χ3n) is 3.04. The molecule has 1 saturated heterocycles. The number of hydrogen-bond donors (Lipinski definition) is 1. The van der Waals surface area contributed by atoms with E-state index in [0.717, 1.165) is 19.4 Å². The summed E-state index contributed by atoms with van der Waals surface area (Å²) in [5.74, 6) is 0.225. The molecule has 1 amide bonds. The molecular weight excluding hydrogens is 138 g/mol. The van der Waals surface area contributed by atoms with E-state index < -0.39 is 0 Å². The number of carbonyl (C=O) groups excluding carboxylic acids is 1. The van der Waals surface area contributed by atoms with Crippen molar-refractivity contribution in [3.63, 3.8) is 0 Å². The summed E-state index contributed by atoms with van der Waals surface area (Å²) >= 11 is 0. The Bertz CT molecular complexity index is 138. The van der Waals surface area contributed by atoms with E-state index in [0.29, 0.717) is 5.41 Å². The van der Waals surface area contributed by atoms with Crippen LogP contribution in [0.1, 0.15) is 39.5 Å². The van der Waals surface area contributed by atoms with Crippen molar-refractivity contribution in [2.75, 3.05) is 6.54 Å². The Morgan fingerprint density at radius 2 is 2.09 bits per heavy atom. The number of hydrogen-bond acceptors (Lipinski definition) is 1. The maximum atomic E-state index is 10.9. The topological polar surface area (TPSA) is 29.1 Å². The molecule has 0 aromatic rings. The Morgan fingerprint density at radius 1 is 1.45 bits per heavy atom. The lowest BCUT2D eigenvalue weighted by atomic mass is 9.76. The summed E-state index contributed by atoms with van der Waals surface area (Å²) in [5.41, 5.74) is 0.411. The molecule has 64 valence electrons. The maximum Gasteiger partial charge on any atom is 0.220 e. The molecule has 0 aliphatic carbocycles. The lowest BCUT2D eigenvalue weighted by molar-refractivity contribution is -0.124. The van der Waals surface area contributed by atoms with Crippen LogP contribution in [0, 0.1) is 5.41 Å². The number of nitrogens with one attached hydrogen (secondary N) is 1. The van der Waals surface area contributed by atoms with Crippen molar-refractivity contribution in [3.8, 4) is 0 Å². The van der Waals surface area contributed by atoms with Crippen LogP contribution in [0.2, 0.25) is 0 Å². The van der Waals surface area contributed by atoms with Gasteiger partial charge in [-0.25, -0.2) is 0 Å². The van der Waals surface area contributed by atoms with Crippen molar-refractivity contribution in [3.05, 3.63) is 0 Å². The summed E-state index contributed by atoms with van der Waals surface area (Å²) in [6, 6.07) is 0. The molecule has 0 atom stereocenters. The molecule has 1 fully saturated rings. The predicted molar refractivity (Wildman–Crippen MR) is 45.3 cm³/mol. The van der Waals surface area contributed by atoms with Gasteiger partial charge in [-0.15, -0.1) is 0 Å². The van der Waals surface area contributed by atoms with Crippen molar-refractivity contribution in [1.29, 1.82) is 0 Å². The van der Waals surface area contributed by atoms with E-state index in [1.807, 2.05) is 0 Å². The molecule has 1 rings (SSSR count). The fourth-order valence-corrected chi connectivity index (χ4v) is 1.70. The van der Waals surface area contributed by atoms with Gasteiger partial charge in [-0.2, -0.15) is 0 Å². The van der Waals surface area contributed by atoms with Gasteiger partial charge in [0, 0.05) is 13.0 Å². The van der Waals surface area contributed by atoms with Gasteiger partial charge < -0.3 is 5.32 Å². The van der Waals surface area contributed by atoms with E-state index >= 15 is 0 Å². The molecular formula is C9H17NO. The average Bonchev–Trinajstić information content (AvgIpc) is 2.07. The highest BCUT2D eigenvalue weighted by Gasteiger charge is 2.30. The molecule has 0 unspecified atom stereocenters. The third kappa shape index (κ3) is 1.73. The van der Waals surface area contributed by atoms with Gasteiger partial charge in [-0.3, -0.25) is 4.79 Å². The molecule has 0 radical (unpaired) electrons. The standard InChI is InChI=1S/C9H17NO/c1-3-9(4-2)6-5-8(11)10-7-9/h3-7H2,1-2H3,(H,10,11). The van der Waals surface area contributed by atoms with Gasteiger partial charge >= 0.3 is 0 Å². The monoisotopic (exact) mass is 155 g/mol. The zero-order chi connectivity index (χ0) is 8.32. The molecule has 0 saturated carbocycles. The van der Waals surface area contributed by atoms with Crippen LogP contribution >= 0.6 is 0 Å². The Kier molecular flexibility index (Phi) is 2.53. The summed E-state index contributed by atoms with van der Waals surface area (Å²) in [7, 11) is 0. The largest absolute Gasteiger partial charge is 0.356 e. The van der Waals surface area contributed by atoms with E-state index in [1.54, 1.807) is 0 Å². The summed E-state index contributed by atoms with van der Waals surface area (Å²) < 4.78 is 0. The van der Waals surface area contributed by atoms with Gasteiger partial charge in [-0.05, 0) is 24.7 Å². The van der Waals surface area contributed by atoms with Crippen LogP contribution in [0.4, 0.5) is 0 Å². The average molecular weight is 155 g/mol. The van der Waals surface area contributed by atoms with E-state index in [1.165, 1.54) is 12.8 Å². The summed E-state index contributed by atoms with van der Waals surface area (Å²) in [5, 5.41) is 2.94. The van der Waals surface area contributed by atoms with Gasteiger partial charge in [-0.1, -0.05) is 13.8 Å². The zero-order valence-corrected chi connectivity index (χ0v) is 7.44. The molecule has 2 heteroatoms. The fraction of sp³-hybridized carbons (Fsp3) is 0.889. The van der Waals surface area contributed by atoms with Crippen molar-refractivity contribution in [1.82, 2.24) is 5.32 Å². The zero-order valence-electron chi connectivity index (χ0n) is 7.44. The van der Waals surface area contributed by atoms with Gasteiger partial charge in [0.1, 0.15) is 0 Å². The first-order valence-corrected chi connectivity index (χ1v) is 4.49. The summed E-state index contributed by atoms with van der Waals surface area (Å²) in [6.45, 7) is 5.31. The van der Waals surface area contributed by atoms with Crippen molar-refractivity contribution >= 4 is 5.91 Å². The van der Waals surface area contributed by atoms with Gasteiger partial charge in [0.25, 0.3) is 0 Å². The minimum atomic E-state index is 0.225.